The fourth-order valence-electron chi connectivity index (χ4n) is 6.84. The highest BCUT2D eigenvalue weighted by atomic mass is 16.5. The van der Waals surface area contributed by atoms with Gasteiger partial charge in [0.1, 0.15) is 18.0 Å². The number of para-hydroxylation sites is 1. The van der Waals surface area contributed by atoms with Gasteiger partial charge in [0.15, 0.2) is 5.78 Å². The fraction of sp³-hybridized carbons (Fsp3) is 0.282. The second kappa shape index (κ2) is 15.3. The number of ketones is 1. The normalized spacial score (nSPS) is 18.2. The average molecular weight is 691 g/mol. The van der Waals surface area contributed by atoms with Crippen molar-refractivity contribution in [3.05, 3.63) is 126 Å². The molecule has 0 saturated carbocycles. The molecule has 0 radical (unpaired) electrons. The molecule has 2 aliphatic rings. The highest BCUT2D eigenvalue weighted by molar-refractivity contribution is 6.13. The van der Waals surface area contributed by atoms with Crippen LogP contribution in [0.15, 0.2) is 103 Å². The van der Waals surface area contributed by atoms with E-state index >= 15 is 0 Å². The van der Waals surface area contributed by atoms with Crippen LogP contribution in [0.1, 0.15) is 40.9 Å². The summed E-state index contributed by atoms with van der Waals surface area (Å²) in [4.78, 5) is 62.0. The van der Waals surface area contributed by atoms with E-state index in [-0.39, 0.29) is 62.5 Å². The van der Waals surface area contributed by atoms with Crippen molar-refractivity contribution in [2.45, 2.75) is 45.6 Å². The Morgan fingerprint density at radius 3 is 2.53 bits per heavy atom. The molecule has 51 heavy (non-hydrogen) atoms. The maximum Gasteiger partial charge on any atom is 0.334 e. The lowest BCUT2D eigenvalue weighted by atomic mass is 9.98. The minimum atomic E-state index is -0.928. The van der Waals surface area contributed by atoms with E-state index in [9.17, 15) is 24.3 Å². The Labute approximate surface area is 296 Å². The van der Waals surface area contributed by atoms with Crippen LogP contribution in [0.3, 0.4) is 0 Å². The number of carbonyl (C=O) groups excluding carboxylic acids is 4. The third-order valence-corrected chi connectivity index (χ3v) is 9.16. The molecule has 3 N–H and O–H groups in total. The Morgan fingerprint density at radius 2 is 1.80 bits per heavy atom. The molecule has 6 rings (SSSR count). The number of benzene rings is 3. The number of nitrogens with one attached hydrogen (secondary N) is 2. The van der Waals surface area contributed by atoms with Crippen molar-refractivity contribution in [3.8, 4) is 5.75 Å². The van der Waals surface area contributed by atoms with Gasteiger partial charge < -0.3 is 29.9 Å². The highest BCUT2D eigenvalue weighted by Crippen LogP contribution is 2.31. The number of phenols is 1. The number of rotatable bonds is 12. The first-order valence-corrected chi connectivity index (χ1v) is 17.0. The maximum atomic E-state index is 14.5. The lowest BCUT2D eigenvalue weighted by Gasteiger charge is -2.55. The van der Waals surface area contributed by atoms with Gasteiger partial charge >= 0.3 is 6.03 Å². The topological polar surface area (TPSA) is 139 Å². The highest BCUT2D eigenvalue weighted by Gasteiger charge is 2.51. The van der Waals surface area contributed by atoms with Crippen LogP contribution >= 0.6 is 0 Å². The lowest BCUT2D eigenvalue weighted by Crippen LogP contribution is -2.76. The van der Waals surface area contributed by atoms with Gasteiger partial charge in [-0.1, -0.05) is 66.7 Å². The standard InChI is InChI=1S/C39H42N6O6/c1-4-18-43-25-36(48)44-33(20-27-14-16-30(46)17-15-27)38(49)42(24-35(44)45(43)39(50)41-21-28-10-7-6-8-11-28)23-29-12-9-13-31-32(22-40-37(29)31)34(47)19-26(3)51-5-2/h4,6-17,19,22,33,35,40,46H,1,5,18,20-21,23-25H2,2-3H3,(H,41,50)/t33-,35-/m0/s1. The summed E-state index contributed by atoms with van der Waals surface area (Å²) in [7, 11) is 0. The van der Waals surface area contributed by atoms with Gasteiger partial charge in [0.05, 0.1) is 31.0 Å². The molecule has 12 nitrogen and oxygen atoms in total. The maximum absolute atomic E-state index is 14.5. The summed E-state index contributed by atoms with van der Waals surface area (Å²) in [5, 5.41) is 16.8. The van der Waals surface area contributed by atoms with Crippen molar-refractivity contribution in [3.63, 3.8) is 0 Å². The molecule has 2 aliphatic heterocycles. The van der Waals surface area contributed by atoms with Crippen molar-refractivity contribution >= 4 is 34.5 Å². The number of aromatic nitrogens is 1. The number of fused-ring (bicyclic) bond motifs is 2. The van der Waals surface area contributed by atoms with Crippen LogP contribution in [0.2, 0.25) is 0 Å². The first-order chi connectivity index (χ1) is 24.7. The number of hydrazine groups is 1. The van der Waals surface area contributed by atoms with Crippen LogP contribution in [0.5, 0.6) is 5.75 Å². The number of piperazine rings is 1. The number of allylic oxidation sites excluding steroid dienone is 2. The van der Waals surface area contributed by atoms with Gasteiger partial charge in [-0.05, 0) is 42.7 Å². The van der Waals surface area contributed by atoms with E-state index in [2.05, 4.69) is 16.9 Å². The summed E-state index contributed by atoms with van der Waals surface area (Å²) in [6, 6.07) is 20.3. The molecule has 2 atom stereocenters. The zero-order valence-electron chi connectivity index (χ0n) is 28.7. The smallest absolute Gasteiger partial charge is 0.334 e. The number of urea groups is 1. The lowest BCUT2D eigenvalue weighted by molar-refractivity contribution is -0.189. The Balaban J connectivity index is 1.36. The number of aromatic amines is 1. The van der Waals surface area contributed by atoms with Gasteiger partial charge in [0.2, 0.25) is 11.8 Å². The summed E-state index contributed by atoms with van der Waals surface area (Å²) < 4.78 is 5.46. The molecular formula is C39H42N6O6. The third kappa shape index (κ3) is 7.51. The molecular weight excluding hydrogens is 648 g/mol. The number of hydrogen-bond donors (Lipinski definition) is 3. The number of phenolic OH excluding ortho intramolecular Hbond substituents is 1. The van der Waals surface area contributed by atoms with Crippen LogP contribution in [0, 0.1) is 0 Å². The molecule has 264 valence electrons. The van der Waals surface area contributed by atoms with Crippen LogP contribution in [0.4, 0.5) is 4.79 Å². The van der Waals surface area contributed by atoms with Crippen molar-refractivity contribution in [1.29, 1.82) is 0 Å². The largest absolute Gasteiger partial charge is 0.508 e. The van der Waals surface area contributed by atoms with Crippen LogP contribution in [0.25, 0.3) is 10.9 Å². The van der Waals surface area contributed by atoms with Gasteiger partial charge in [-0.15, -0.1) is 6.58 Å². The molecule has 0 aliphatic carbocycles. The number of ether oxygens (including phenoxy) is 1. The summed E-state index contributed by atoms with van der Waals surface area (Å²) in [6.45, 7) is 8.49. The molecule has 3 heterocycles. The molecule has 12 heteroatoms. The second-order valence-electron chi connectivity index (χ2n) is 12.6. The minimum absolute atomic E-state index is 0.0439. The minimum Gasteiger partial charge on any atom is -0.508 e. The Hall–Kier alpha value is -5.88. The summed E-state index contributed by atoms with van der Waals surface area (Å²) in [5.41, 5.74) is 3.62. The molecule has 1 aromatic heterocycles. The van der Waals surface area contributed by atoms with E-state index in [4.69, 9.17) is 4.74 Å². The summed E-state index contributed by atoms with van der Waals surface area (Å²) in [6.07, 6.45) is 4.10. The molecule has 4 amide bonds. The number of aromatic hydroxyl groups is 1. The van der Waals surface area contributed by atoms with E-state index in [0.29, 0.717) is 28.8 Å². The van der Waals surface area contributed by atoms with Crippen LogP contribution in [-0.2, 0) is 33.8 Å². The molecule has 0 unspecified atom stereocenters. The molecule has 2 fully saturated rings. The molecule has 0 bridgehead atoms. The van der Waals surface area contributed by atoms with Gasteiger partial charge in [0.25, 0.3) is 0 Å². The molecule has 0 spiro atoms. The van der Waals surface area contributed by atoms with Gasteiger partial charge in [-0.2, -0.15) is 0 Å². The van der Waals surface area contributed by atoms with E-state index < -0.39 is 18.2 Å². The predicted molar refractivity (Wildman–Crippen MR) is 192 cm³/mol. The first kappa shape index (κ1) is 35.0. The quantitative estimate of drug-likeness (QED) is 0.0846. The van der Waals surface area contributed by atoms with Crippen molar-refractivity contribution in [2.75, 3.05) is 26.2 Å². The number of nitrogens with zero attached hydrogens (tertiary/aromatic N) is 4. The second-order valence-corrected chi connectivity index (χ2v) is 12.6. The van der Waals surface area contributed by atoms with Crippen molar-refractivity contribution in [1.82, 2.24) is 30.1 Å². The Morgan fingerprint density at radius 1 is 1.04 bits per heavy atom. The Kier molecular flexibility index (Phi) is 10.5. The van der Waals surface area contributed by atoms with Crippen LogP contribution < -0.4 is 5.32 Å². The van der Waals surface area contributed by atoms with E-state index in [1.807, 2.05) is 55.5 Å². The SMILES string of the molecule is C=CCN1CC(=O)N2[C@@H](Cc3ccc(O)cc3)C(=O)N(Cc3cccc4c(C(=O)C=C(C)OCC)c[nH]c34)C[C@@H]2N1C(=O)NCc1ccccc1. The van der Waals surface area contributed by atoms with E-state index in [1.165, 1.54) is 16.0 Å². The summed E-state index contributed by atoms with van der Waals surface area (Å²) in [5.74, 6) is -0.159. The van der Waals surface area contributed by atoms with Gasteiger partial charge in [0, 0.05) is 49.3 Å². The fourth-order valence-corrected chi connectivity index (χ4v) is 6.84. The van der Waals surface area contributed by atoms with Gasteiger partial charge in [-0.25, -0.2) is 14.8 Å². The number of amides is 4. The van der Waals surface area contributed by atoms with Crippen molar-refractivity contribution < 1.29 is 29.0 Å². The summed E-state index contributed by atoms with van der Waals surface area (Å²) >= 11 is 0. The molecule has 4 aromatic rings. The number of hydrogen-bond acceptors (Lipinski definition) is 7. The van der Waals surface area contributed by atoms with E-state index in [0.717, 1.165) is 16.7 Å². The monoisotopic (exact) mass is 690 g/mol. The average Bonchev–Trinajstić information content (AvgIpc) is 3.56. The van der Waals surface area contributed by atoms with Gasteiger partial charge in [-0.3, -0.25) is 14.4 Å². The predicted octanol–water partition coefficient (Wildman–Crippen LogP) is 4.73. The molecule has 2 saturated heterocycles. The number of H-pyrrole nitrogens is 1. The van der Waals surface area contributed by atoms with E-state index in [1.54, 1.807) is 53.4 Å². The number of carbonyl (C=O) groups is 4. The van der Waals surface area contributed by atoms with Crippen LogP contribution in [-0.4, -0.2) is 92.0 Å². The third-order valence-electron chi connectivity index (χ3n) is 9.16. The first-order valence-electron chi connectivity index (χ1n) is 17.0. The van der Waals surface area contributed by atoms with Crippen molar-refractivity contribution in [2.24, 2.45) is 0 Å². The molecule has 3 aromatic carbocycles. The zero-order valence-corrected chi connectivity index (χ0v) is 28.7. The zero-order chi connectivity index (χ0) is 36.1. The Bertz CT molecular complexity index is 1960.